The second-order valence-electron chi connectivity index (χ2n) is 4.22. The van der Waals surface area contributed by atoms with E-state index in [-0.39, 0.29) is 0 Å². The lowest BCUT2D eigenvalue weighted by Crippen LogP contribution is -2.23. The van der Waals surface area contributed by atoms with Crippen molar-refractivity contribution < 1.29 is 0 Å². The quantitative estimate of drug-likeness (QED) is 0.880. The second-order valence-corrected chi connectivity index (χ2v) is 5.26. The number of thiophene rings is 1. The first-order chi connectivity index (χ1) is 9.26. The Kier molecular flexibility index (Phi) is 4.74. The Morgan fingerprint density at radius 3 is 2.74 bits per heavy atom. The van der Waals surface area contributed by atoms with Gasteiger partial charge in [0.1, 0.15) is 17.5 Å². The molecule has 1 N–H and O–H groups in total. The fourth-order valence-corrected chi connectivity index (χ4v) is 2.60. The first kappa shape index (κ1) is 13.8. The van der Waals surface area contributed by atoms with Crippen LogP contribution in [0.3, 0.4) is 0 Å². The molecular formula is C14H20N4S. The van der Waals surface area contributed by atoms with Gasteiger partial charge in [0, 0.05) is 31.0 Å². The van der Waals surface area contributed by atoms with Gasteiger partial charge in [0.2, 0.25) is 0 Å². The number of rotatable bonds is 6. The molecule has 4 nitrogen and oxygen atoms in total. The Balaban J connectivity index is 2.26. The normalized spacial score (nSPS) is 10.5. The largest absolute Gasteiger partial charge is 0.373 e. The first-order valence-electron chi connectivity index (χ1n) is 6.59. The molecule has 102 valence electrons. The summed E-state index contributed by atoms with van der Waals surface area (Å²) in [7, 11) is 1.89. The molecule has 0 aliphatic carbocycles. The van der Waals surface area contributed by atoms with Crippen LogP contribution in [0.25, 0.3) is 0 Å². The lowest BCUT2D eigenvalue weighted by Gasteiger charge is -2.22. The third kappa shape index (κ3) is 3.44. The van der Waals surface area contributed by atoms with E-state index < -0.39 is 0 Å². The fraction of sp³-hybridized carbons (Fsp3) is 0.429. The van der Waals surface area contributed by atoms with Crippen LogP contribution in [-0.2, 0) is 13.0 Å². The summed E-state index contributed by atoms with van der Waals surface area (Å²) in [5.74, 6) is 2.75. The lowest BCUT2D eigenvalue weighted by molar-refractivity contribution is 0.805. The van der Waals surface area contributed by atoms with Gasteiger partial charge >= 0.3 is 0 Å². The first-order valence-corrected chi connectivity index (χ1v) is 7.47. The summed E-state index contributed by atoms with van der Waals surface area (Å²) in [6.07, 6.45) is 0.846. The molecule has 0 aromatic carbocycles. The van der Waals surface area contributed by atoms with Gasteiger partial charge in [0.15, 0.2) is 0 Å². The molecule has 0 saturated carbocycles. The van der Waals surface area contributed by atoms with Crippen molar-refractivity contribution in [3.8, 4) is 0 Å². The van der Waals surface area contributed by atoms with Crippen LogP contribution >= 0.6 is 11.3 Å². The van der Waals surface area contributed by atoms with Gasteiger partial charge in [0.05, 0.1) is 6.54 Å². The SMILES string of the molecule is CCc1nc(NC)cc(N(CC)Cc2cccs2)n1. The summed E-state index contributed by atoms with van der Waals surface area (Å²) < 4.78 is 0. The molecule has 5 heteroatoms. The van der Waals surface area contributed by atoms with Crippen molar-refractivity contribution in [1.82, 2.24) is 9.97 Å². The van der Waals surface area contributed by atoms with Gasteiger partial charge in [-0.3, -0.25) is 0 Å². The monoisotopic (exact) mass is 276 g/mol. The fourth-order valence-electron chi connectivity index (χ4n) is 1.88. The van der Waals surface area contributed by atoms with Crippen LogP contribution < -0.4 is 10.2 Å². The topological polar surface area (TPSA) is 41.1 Å². The molecule has 0 saturated heterocycles. The highest BCUT2D eigenvalue weighted by molar-refractivity contribution is 7.09. The number of nitrogens with one attached hydrogen (secondary N) is 1. The molecule has 0 fully saturated rings. The molecule has 0 atom stereocenters. The molecule has 2 heterocycles. The molecule has 0 spiro atoms. The van der Waals surface area contributed by atoms with Crippen LogP contribution in [-0.4, -0.2) is 23.6 Å². The van der Waals surface area contributed by atoms with E-state index >= 15 is 0 Å². The third-order valence-corrected chi connectivity index (χ3v) is 3.82. The average molecular weight is 276 g/mol. The van der Waals surface area contributed by atoms with Crippen molar-refractivity contribution in [2.24, 2.45) is 0 Å². The van der Waals surface area contributed by atoms with E-state index in [4.69, 9.17) is 0 Å². The standard InChI is InChI=1S/C14H20N4S/c1-4-12-16-13(15-3)9-14(17-12)18(5-2)10-11-7-6-8-19-11/h6-9H,4-5,10H2,1-3H3,(H,15,16,17). The number of aromatic nitrogens is 2. The van der Waals surface area contributed by atoms with Gasteiger partial charge in [0.25, 0.3) is 0 Å². The highest BCUT2D eigenvalue weighted by atomic mass is 32.1. The van der Waals surface area contributed by atoms with E-state index in [2.05, 4.69) is 51.5 Å². The van der Waals surface area contributed by atoms with Crippen LogP contribution in [0, 0.1) is 0 Å². The molecule has 19 heavy (non-hydrogen) atoms. The summed E-state index contributed by atoms with van der Waals surface area (Å²) in [5, 5.41) is 5.22. The third-order valence-electron chi connectivity index (χ3n) is 2.96. The number of hydrogen-bond acceptors (Lipinski definition) is 5. The van der Waals surface area contributed by atoms with Crippen LogP contribution in [0.5, 0.6) is 0 Å². The van der Waals surface area contributed by atoms with Crippen molar-refractivity contribution in [2.45, 2.75) is 26.8 Å². The minimum atomic E-state index is 0.846. The Hall–Kier alpha value is -1.62. The van der Waals surface area contributed by atoms with Crippen molar-refractivity contribution in [3.63, 3.8) is 0 Å². The predicted octanol–water partition coefficient (Wildman–Crippen LogP) is 3.17. The predicted molar refractivity (Wildman–Crippen MR) is 82.0 cm³/mol. The van der Waals surface area contributed by atoms with Crippen LogP contribution in [0.15, 0.2) is 23.6 Å². The molecule has 2 rings (SSSR count). The molecule has 0 amide bonds. The Labute approximate surface area is 118 Å². The Bertz CT molecular complexity index is 488. The van der Waals surface area contributed by atoms with Gasteiger partial charge in [-0.2, -0.15) is 0 Å². The maximum Gasteiger partial charge on any atom is 0.134 e. The minimum Gasteiger partial charge on any atom is -0.373 e. The molecule has 0 aliphatic heterocycles. The highest BCUT2D eigenvalue weighted by Crippen LogP contribution is 2.20. The number of aryl methyl sites for hydroxylation is 1. The molecule has 0 bridgehead atoms. The molecule has 0 unspecified atom stereocenters. The molecule has 2 aromatic heterocycles. The summed E-state index contributed by atoms with van der Waals surface area (Å²) in [5.41, 5.74) is 0. The zero-order valence-electron chi connectivity index (χ0n) is 11.7. The smallest absolute Gasteiger partial charge is 0.134 e. The Morgan fingerprint density at radius 1 is 1.32 bits per heavy atom. The van der Waals surface area contributed by atoms with Crippen molar-refractivity contribution in [2.75, 3.05) is 23.8 Å². The second kappa shape index (κ2) is 6.52. The number of hydrogen-bond donors (Lipinski definition) is 1. The van der Waals surface area contributed by atoms with Crippen LogP contribution in [0.2, 0.25) is 0 Å². The maximum absolute atomic E-state index is 4.63. The van der Waals surface area contributed by atoms with Gasteiger partial charge in [-0.15, -0.1) is 11.3 Å². The zero-order valence-corrected chi connectivity index (χ0v) is 12.5. The van der Waals surface area contributed by atoms with E-state index in [1.54, 1.807) is 11.3 Å². The van der Waals surface area contributed by atoms with Gasteiger partial charge in [-0.05, 0) is 18.4 Å². The molecule has 2 aromatic rings. The van der Waals surface area contributed by atoms with E-state index in [0.29, 0.717) is 0 Å². The van der Waals surface area contributed by atoms with E-state index in [9.17, 15) is 0 Å². The minimum absolute atomic E-state index is 0.846. The van der Waals surface area contributed by atoms with Crippen molar-refractivity contribution in [1.29, 1.82) is 0 Å². The van der Waals surface area contributed by atoms with Crippen LogP contribution in [0.4, 0.5) is 11.6 Å². The van der Waals surface area contributed by atoms with E-state index in [1.165, 1.54) is 4.88 Å². The molecular weight excluding hydrogens is 256 g/mol. The average Bonchev–Trinajstić information content (AvgIpc) is 2.97. The summed E-state index contributed by atoms with van der Waals surface area (Å²) in [6, 6.07) is 6.26. The number of nitrogens with zero attached hydrogens (tertiary/aromatic N) is 3. The highest BCUT2D eigenvalue weighted by Gasteiger charge is 2.10. The maximum atomic E-state index is 4.63. The molecule has 0 radical (unpaired) electrons. The summed E-state index contributed by atoms with van der Waals surface area (Å²) in [4.78, 5) is 12.7. The number of anilines is 2. The van der Waals surface area contributed by atoms with E-state index in [1.807, 2.05) is 13.1 Å². The van der Waals surface area contributed by atoms with Gasteiger partial charge < -0.3 is 10.2 Å². The Morgan fingerprint density at radius 2 is 2.16 bits per heavy atom. The zero-order chi connectivity index (χ0) is 13.7. The lowest BCUT2D eigenvalue weighted by atomic mass is 10.3. The van der Waals surface area contributed by atoms with Crippen LogP contribution in [0.1, 0.15) is 24.5 Å². The van der Waals surface area contributed by atoms with Crippen molar-refractivity contribution >= 4 is 23.0 Å². The summed E-state index contributed by atoms with van der Waals surface area (Å²) >= 11 is 1.78. The van der Waals surface area contributed by atoms with Gasteiger partial charge in [-0.25, -0.2) is 9.97 Å². The summed E-state index contributed by atoms with van der Waals surface area (Å²) in [6.45, 7) is 6.06. The van der Waals surface area contributed by atoms with Gasteiger partial charge in [-0.1, -0.05) is 13.0 Å². The molecule has 0 aliphatic rings. The van der Waals surface area contributed by atoms with E-state index in [0.717, 1.165) is 37.0 Å². The van der Waals surface area contributed by atoms with Crippen molar-refractivity contribution in [3.05, 3.63) is 34.3 Å².